The molecule has 1 fully saturated rings. The van der Waals surface area contributed by atoms with Crippen molar-refractivity contribution in [1.82, 2.24) is 9.88 Å². The number of carbonyl (C=O) groups is 1. The number of nitrogens with two attached hydrogens (primary N) is 1. The Labute approximate surface area is 119 Å². The maximum Gasteiger partial charge on any atom is 0.252 e. The van der Waals surface area contributed by atoms with E-state index in [0.717, 1.165) is 32.0 Å². The van der Waals surface area contributed by atoms with Crippen LogP contribution in [-0.2, 0) is 4.74 Å². The number of morpholine rings is 1. The van der Waals surface area contributed by atoms with Crippen LogP contribution in [0.1, 0.15) is 24.2 Å². The molecule has 1 saturated heterocycles. The first kappa shape index (κ1) is 14.7. The molecule has 2 unspecified atom stereocenters. The fraction of sp³-hybridized carbons (Fsp3) is 0.571. The molecule has 6 nitrogen and oxygen atoms in total. The normalized spacial score (nSPS) is 21.4. The maximum atomic E-state index is 11.3. The summed E-state index contributed by atoms with van der Waals surface area (Å²) in [5.41, 5.74) is 6.50. The van der Waals surface area contributed by atoms with Crippen LogP contribution in [0.3, 0.4) is 0 Å². The molecule has 110 valence electrons. The molecule has 20 heavy (non-hydrogen) atoms. The predicted octanol–water partition coefficient (Wildman–Crippen LogP) is 0.702. The van der Waals surface area contributed by atoms with Gasteiger partial charge >= 0.3 is 0 Å². The molecule has 2 rings (SSSR count). The number of nitrogens with zero attached hydrogens (tertiary/aromatic N) is 2. The monoisotopic (exact) mass is 278 g/mol. The topological polar surface area (TPSA) is 80.5 Å². The molecule has 1 aliphatic rings. The largest absolute Gasteiger partial charge is 0.383 e. The van der Waals surface area contributed by atoms with Gasteiger partial charge in [0.15, 0.2) is 0 Å². The van der Waals surface area contributed by atoms with Gasteiger partial charge in [-0.25, -0.2) is 0 Å². The average Bonchev–Trinajstić information content (AvgIpc) is 2.45. The van der Waals surface area contributed by atoms with E-state index in [-0.39, 0.29) is 0 Å². The van der Waals surface area contributed by atoms with Gasteiger partial charge in [0, 0.05) is 37.6 Å². The standard InChI is InChI=1S/C14H22N4O2/c1-10(18-5-6-20-9-11(18)2)7-17-13-3-4-16-8-12(13)14(15)19/h3-4,8,10-11H,5-7,9H2,1-2H3,(H2,15,19)(H,16,17). The van der Waals surface area contributed by atoms with Crippen LogP contribution in [0.2, 0.25) is 0 Å². The number of carbonyl (C=O) groups excluding carboxylic acids is 1. The molecule has 1 aliphatic heterocycles. The lowest BCUT2D eigenvalue weighted by molar-refractivity contribution is -0.0159. The van der Waals surface area contributed by atoms with Gasteiger partial charge in [-0.1, -0.05) is 0 Å². The summed E-state index contributed by atoms with van der Waals surface area (Å²) >= 11 is 0. The molecule has 2 heterocycles. The van der Waals surface area contributed by atoms with Gasteiger partial charge in [-0.05, 0) is 19.9 Å². The van der Waals surface area contributed by atoms with E-state index < -0.39 is 5.91 Å². The minimum absolute atomic E-state index is 0.350. The van der Waals surface area contributed by atoms with Gasteiger partial charge < -0.3 is 15.8 Å². The second-order valence-electron chi connectivity index (χ2n) is 5.18. The zero-order valence-corrected chi connectivity index (χ0v) is 12.0. The van der Waals surface area contributed by atoms with Gasteiger partial charge in [-0.3, -0.25) is 14.7 Å². The van der Waals surface area contributed by atoms with E-state index in [9.17, 15) is 4.79 Å². The van der Waals surface area contributed by atoms with Gasteiger partial charge in [0.1, 0.15) is 0 Å². The predicted molar refractivity (Wildman–Crippen MR) is 77.7 cm³/mol. The fourth-order valence-corrected chi connectivity index (χ4v) is 2.51. The van der Waals surface area contributed by atoms with Crippen molar-refractivity contribution in [2.24, 2.45) is 5.73 Å². The zero-order valence-electron chi connectivity index (χ0n) is 12.0. The Balaban J connectivity index is 1.96. The molecule has 0 radical (unpaired) electrons. The Morgan fingerprint density at radius 3 is 3.20 bits per heavy atom. The molecule has 6 heteroatoms. The molecule has 1 aromatic heterocycles. The van der Waals surface area contributed by atoms with Crippen LogP contribution in [0.25, 0.3) is 0 Å². The quantitative estimate of drug-likeness (QED) is 0.829. The lowest BCUT2D eigenvalue weighted by Crippen LogP contribution is -2.50. The second kappa shape index (κ2) is 6.67. The summed E-state index contributed by atoms with van der Waals surface area (Å²) in [6.45, 7) is 7.55. The third-order valence-electron chi connectivity index (χ3n) is 3.66. The first-order valence-electron chi connectivity index (χ1n) is 6.90. The summed E-state index contributed by atoms with van der Waals surface area (Å²) in [5, 5.41) is 3.29. The molecule has 1 amide bonds. The molecule has 0 bridgehead atoms. The minimum Gasteiger partial charge on any atom is -0.383 e. The molecule has 0 spiro atoms. The molecule has 1 aromatic rings. The molecular weight excluding hydrogens is 256 g/mol. The molecule has 0 aliphatic carbocycles. The molecular formula is C14H22N4O2. The smallest absolute Gasteiger partial charge is 0.252 e. The van der Waals surface area contributed by atoms with E-state index >= 15 is 0 Å². The van der Waals surface area contributed by atoms with Gasteiger partial charge in [-0.15, -0.1) is 0 Å². The summed E-state index contributed by atoms with van der Waals surface area (Å²) in [4.78, 5) is 17.7. The third-order valence-corrected chi connectivity index (χ3v) is 3.66. The lowest BCUT2D eigenvalue weighted by atomic mass is 10.1. The molecule has 2 atom stereocenters. The van der Waals surface area contributed by atoms with Crippen molar-refractivity contribution in [3.05, 3.63) is 24.0 Å². The van der Waals surface area contributed by atoms with Crippen LogP contribution >= 0.6 is 0 Å². The van der Waals surface area contributed by atoms with Gasteiger partial charge in [0.05, 0.1) is 24.5 Å². The van der Waals surface area contributed by atoms with Gasteiger partial charge in [0.25, 0.3) is 5.91 Å². The number of amides is 1. The van der Waals surface area contributed by atoms with Crippen molar-refractivity contribution >= 4 is 11.6 Å². The van der Waals surface area contributed by atoms with Crippen molar-refractivity contribution in [3.63, 3.8) is 0 Å². The third kappa shape index (κ3) is 3.46. The highest BCUT2D eigenvalue weighted by Gasteiger charge is 2.23. The van der Waals surface area contributed by atoms with E-state index in [1.807, 2.05) is 0 Å². The Morgan fingerprint density at radius 1 is 1.70 bits per heavy atom. The minimum atomic E-state index is -0.465. The first-order valence-corrected chi connectivity index (χ1v) is 6.90. The maximum absolute atomic E-state index is 11.3. The second-order valence-corrected chi connectivity index (χ2v) is 5.18. The van der Waals surface area contributed by atoms with E-state index in [1.165, 1.54) is 6.20 Å². The van der Waals surface area contributed by atoms with Crippen LogP contribution in [0.5, 0.6) is 0 Å². The number of rotatable bonds is 5. The van der Waals surface area contributed by atoms with Gasteiger partial charge in [0.2, 0.25) is 0 Å². The van der Waals surface area contributed by atoms with E-state index in [0.29, 0.717) is 17.6 Å². The van der Waals surface area contributed by atoms with Crippen molar-refractivity contribution in [2.45, 2.75) is 25.9 Å². The highest BCUT2D eigenvalue weighted by molar-refractivity contribution is 5.98. The van der Waals surface area contributed by atoms with Crippen molar-refractivity contribution < 1.29 is 9.53 Å². The first-order chi connectivity index (χ1) is 9.59. The Kier molecular flexibility index (Phi) is 4.92. The average molecular weight is 278 g/mol. The zero-order chi connectivity index (χ0) is 14.5. The van der Waals surface area contributed by atoms with Crippen molar-refractivity contribution in [2.75, 3.05) is 31.6 Å². The molecule has 0 aromatic carbocycles. The van der Waals surface area contributed by atoms with Crippen LogP contribution in [0, 0.1) is 0 Å². The van der Waals surface area contributed by atoms with Crippen LogP contribution in [-0.4, -0.2) is 54.2 Å². The summed E-state index contributed by atoms with van der Waals surface area (Å²) in [6, 6.07) is 2.53. The number of hydrogen-bond acceptors (Lipinski definition) is 5. The van der Waals surface area contributed by atoms with Gasteiger partial charge in [-0.2, -0.15) is 0 Å². The van der Waals surface area contributed by atoms with Crippen LogP contribution < -0.4 is 11.1 Å². The van der Waals surface area contributed by atoms with E-state index in [2.05, 4.69) is 29.0 Å². The Hall–Kier alpha value is -1.66. The number of ether oxygens (including phenoxy) is 1. The van der Waals surface area contributed by atoms with Crippen molar-refractivity contribution in [3.8, 4) is 0 Å². The molecule has 3 N–H and O–H groups in total. The van der Waals surface area contributed by atoms with Crippen molar-refractivity contribution in [1.29, 1.82) is 0 Å². The fourth-order valence-electron chi connectivity index (χ4n) is 2.51. The summed E-state index contributed by atoms with van der Waals surface area (Å²) in [5.74, 6) is -0.465. The number of aromatic nitrogens is 1. The van der Waals surface area contributed by atoms with E-state index in [1.54, 1.807) is 12.3 Å². The number of nitrogens with one attached hydrogen (secondary N) is 1. The summed E-state index contributed by atoms with van der Waals surface area (Å²) < 4.78 is 5.44. The SMILES string of the molecule is CC(CNc1ccncc1C(N)=O)N1CCOCC1C. The number of pyridine rings is 1. The Bertz CT molecular complexity index is 466. The number of primary amides is 1. The van der Waals surface area contributed by atoms with Crippen LogP contribution in [0.15, 0.2) is 18.5 Å². The number of hydrogen-bond donors (Lipinski definition) is 2. The molecule has 0 saturated carbocycles. The highest BCUT2D eigenvalue weighted by atomic mass is 16.5. The number of anilines is 1. The highest BCUT2D eigenvalue weighted by Crippen LogP contribution is 2.15. The summed E-state index contributed by atoms with van der Waals surface area (Å²) in [7, 11) is 0. The summed E-state index contributed by atoms with van der Waals surface area (Å²) in [6.07, 6.45) is 3.14. The van der Waals surface area contributed by atoms with E-state index in [4.69, 9.17) is 10.5 Å². The van der Waals surface area contributed by atoms with Crippen LogP contribution in [0.4, 0.5) is 5.69 Å². The lowest BCUT2D eigenvalue weighted by Gasteiger charge is -2.38. The Morgan fingerprint density at radius 2 is 2.50 bits per heavy atom.